The SMILES string of the molecule is CC1OCCN(c2cc(C3CC3)cn3cc(CN)nc23)C1=O. The number of nitrogens with two attached hydrogens (primary N) is 1. The van der Waals surface area contributed by atoms with E-state index in [1.807, 2.05) is 15.5 Å². The van der Waals surface area contributed by atoms with Gasteiger partial charge < -0.3 is 19.8 Å². The summed E-state index contributed by atoms with van der Waals surface area (Å²) in [5.74, 6) is 0.610. The van der Waals surface area contributed by atoms with E-state index in [9.17, 15) is 4.79 Å². The van der Waals surface area contributed by atoms with Gasteiger partial charge in [-0.25, -0.2) is 4.98 Å². The van der Waals surface area contributed by atoms with E-state index in [4.69, 9.17) is 10.5 Å². The van der Waals surface area contributed by atoms with E-state index in [-0.39, 0.29) is 5.91 Å². The molecular formula is C16H20N4O2. The molecule has 1 unspecified atom stereocenters. The highest BCUT2D eigenvalue weighted by molar-refractivity contribution is 6.00. The maximum atomic E-state index is 12.5. The standard InChI is InChI=1S/C16H20N4O2/c1-10-16(21)20(4-5-22-10)14-6-12(11-2-3-11)8-19-9-13(7-17)18-15(14)19/h6,8-11H,2-5,7,17H2,1H3. The number of fused-ring (bicyclic) bond motifs is 1. The lowest BCUT2D eigenvalue weighted by Gasteiger charge is -2.31. The monoisotopic (exact) mass is 300 g/mol. The Morgan fingerprint density at radius 1 is 1.41 bits per heavy atom. The lowest BCUT2D eigenvalue weighted by molar-refractivity contribution is -0.132. The average molecular weight is 300 g/mol. The first-order valence-corrected chi connectivity index (χ1v) is 7.82. The van der Waals surface area contributed by atoms with Gasteiger partial charge in [-0.15, -0.1) is 0 Å². The number of hydrogen-bond donors (Lipinski definition) is 1. The van der Waals surface area contributed by atoms with E-state index >= 15 is 0 Å². The minimum atomic E-state index is -0.401. The summed E-state index contributed by atoms with van der Waals surface area (Å²) in [6, 6.07) is 2.12. The zero-order valence-electron chi connectivity index (χ0n) is 12.7. The van der Waals surface area contributed by atoms with Crippen LogP contribution in [0.4, 0.5) is 5.69 Å². The Labute approximate surface area is 128 Å². The topological polar surface area (TPSA) is 72.9 Å². The minimum Gasteiger partial charge on any atom is -0.367 e. The summed E-state index contributed by atoms with van der Waals surface area (Å²) in [5, 5.41) is 0. The van der Waals surface area contributed by atoms with Gasteiger partial charge in [-0.05, 0) is 37.3 Å². The molecular weight excluding hydrogens is 280 g/mol. The number of carbonyl (C=O) groups excluding carboxylic acids is 1. The molecule has 1 aliphatic heterocycles. The molecule has 1 amide bonds. The molecule has 2 N–H and O–H groups in total. The Balaban J connectivity index is 1.86. The summed E-state index contributed by atoms with van der Waals surface area (Å²) in [5.41, 5.74) is 9.51. The Morgan fingerprint density at radius 2 is 2.23 bits per heavy atom. The Hall–Kier alpha value is -1.92. The van der Waals surface area contributed by atoms with Crippen molar-refractivity contribution >= 4 is 17.2 Å². The van der Waals surface area contributed by atoms with Gasteiger partial charge in [0, 0.05) is 25.5 Å². The van der Waals surface area contributed by atoms with Gasteiger partial charge in [-0.1, -0.05) is 0 Å². The van der Waals surface area contributed by atoms with Crippen LogP contribution in [-0.2, 0) is 16.1 Å². The molecule has 22 heavy (non-hydrogen) atoms. The van der Waals surface area contributed by atoms with Crippen LogP contribution >= 0.6 is 0 Å². The molecule has 0 aromatic carbocycles. The van der Waals surface area contributed by atoms with Gasteiger partial charge in [0.25, 0.3) is 5.91 Å². The number of imidazole rings is 1. The number of aromatic nitrogens is 2. The molecule has 4 rings (SSSR count). The number of nitrogens with zero attached hydrogens (tertiary/aromatic N) is 3. The van der Waals surface area contributed by atoms with Gasteiger partial charge >= 0.3 is 0 Å². The maximum Gasteiger partial charge on any atom is 0.256 e. The predicted molar refractivity (Wildman–Crippen MR) is 82.8 cm³/mol. The van der Waals surface area contributed by atoms with Crippen molar-refractivity contribution in [2.24, 2.45) is 5.73 Å². The van der Waals surface area contributed by atoms with Crippen molar-refractivity contribution in [3.05, 3.63) is 29.7 Å². The maximum absolute atomic E-state index is 12.5. The highest BCUT2D eigenvalue weighted by atomic mass is 16.5. The van der Waals surface area contributed by atoms with Crippen molar-refractivity contribution in [3.63, 3.8) is 0 Å². The zero-order valence-corrected chi connectivity index (χ0v) is 12.7. The summed E-state index contributed by atoms with van der Waals surface area (Å²) in [6.07, 6.45) is 6.12. The van der Waals surface area contributed by atoms with Crippen molar-refractivity contribution < 1.29 is 9.53 Å². The Kier molecular flexibility index (Phi) is 3.16. The normalized spacial score (nSPS) is 22.5. The summed E-state index contributed by atoms with van der Waals surface area (Å²) in [7, 11) is 0. The number of ether oxygens (including phenoxy) is 1. The highest BCUT2D eigenvalue weighted by Gasteiger charge is 2.31. The van der Waals surface area contributed by atoms with Crippen molar-refractivity contribution in [1.82, 2.24) is 9.38 Å². The summed E-state index contributed by atoms with van der Waals surface area (Å²) in [4.78, 5) is 18.9. The molecule has 1 saturated heterocycles. The number of morpholine rings is 1. The number of anilines is 1. The van der Waals surface area contributed by atoms with E-state index in [1.54, 1.807) is 6.92 Å². The van der Waals surface area contributed by atoms with E-state index in [2.05, 4.69) is 17.2 Å². The number of amides is 1. The van der Waals surface area contributed by atoms with E-state index in [1.165, 1.54) is 18.4 Å². The predicted octanol–water partition coefficient (Wildman–Crippen LogP) is 1.42. The van der Waals surface area contributed by atoms with Crippen molar-refractivity contribution in [2.45, 2.75) is 38.3 Å². The fourth-order valence-corrected chi connectivity index (χ4v) is 3.05. The molecule has 6 nitrogen and oxygen atoms in total. The highest BCUT2D eigenvalue weighted by Crippen LogP contribution is 2.42. The minimum absolute atomic E-state index is 0.00149. The van der Waals surface area contributed by atoms with Crippen LogP contribution in [0.2, 0.25) is 0 Å². The number of carbonyl (C=O) groups is 1. The van der Waals surface area contributed by atoms with E-state index in [0.29, 0.717) is 25.6 Å². The molecule has 2 aromatic heterocycles. The third kappa shape index (κ3) is 2.19. The van der Waals surface area contributed by atoms with Crippen LogP contribution in [0.5, 0.6) is 0 Å². The Bertz CT molecular complexity index is 735. The first-order chi connectivity index (χ1) is 10.7. The molecule has 1 aliphatic carbocycles. The van der Waals surface area contributed by atoms with Gasteiger partial charge in [0.05, 0.1) is 18.0 Å². The second-order valence-electron chi connectivity index (χ2n) is 6.10. The molecule has 1 saturated carbocycles. The van der Waals surface area contributed by atoms with Crippen LogP contribution < -0.4 is 10.6 Å². The van der Waals surface area contributed by atoms with Gasteiger partial charge in [-0.2, -0.15) is 0 Å². The van der Waals surface area contributed by atoms with Crippen molar-refractivity contribution in [2.75, 3.05) is 18.1 Å². The van der Waals surface area contributed by atoms with E-state index in [0.717, 1.165) is 17.0 Å². The smallest absolute Gasteiger partial charge is 0.256 e. The number of hydrogen-bond acceptors (Lipinski definition) is 4. The first kappa shape index (κ1) is 13.7. The molecule has 3 heterocycles. The summed E-state index contributed by atoms with van der Waals surface area (Å²) >= 11 is 0. The number of rotatable bonds is 3. The van der Waals surface area contributed by atoms with Gasteiger partial charge in [0.1, 0.15) is 6.10 Å². The molecule has 2 aliphatic rings. The number of pyridine rings is 1. The van der Waals surface area contributed by atoms with Crippen molar-refractivity contribution in [1.29, 1.82) is 0 Å². The third-order valence-corrected chi connectivity index (χ3v) is 4.45. The molecule has 1 atom stereocenters. The van der Waals surface area contributed by atoms with Gasteiger partial charge in [0.15, 0.2) is 5.65 Å². The fraction of sp³-hybridized carbons (Fsp3) is 0.500. The van der Waals surface area contributed by atoms with Crippen LogP contribution in [0.15, 0.2) is 18.5 Å². The van der Waals surface area contributed by atoms with E-state index < -0.39 is 6.10 Å². The van der Waals surface area contributed by atoms with Crippen LogP contribution in [0, 0.1) is 0 Å². The summed E-state index contributed by atoms with van der Waals surface area (Å²) < 4.78 is 7.44. The van der Waals surface area contributed by atoms with Crippen LogP contribution in [0.3, 0.4) is 0 Å². The quantitative estimate of drug-likeness (QED) is 0.930. The van der Waals surface area contributed by atoms with Gasteiger partial charge in [0.2, 0.25) is 0 Å². The third-order valence-electron chi connectivity index (χ3n) is 4.45. The lowest BCUT2D eigenvalue weighted by atomic mass is 10.1. The lowest BCUT2D eigenvalue weighted by Crippen LogP contribution is -2.46. The van der Waals surface area contributed by atoms with Crippen molar-refractivity contribution in [3.8, 4) is 0 Å². The molecule has 6 heteroatoms. The van der Waals surface area contributed by atoms with Gasteiger partial charge in [-0.3, -0.25) is 4.79 Å². The molecule has 2 aromatic rings. The molecule has 0 radical (unpaired) electrons. The fourth-order valence-electron chi connectivity index (χ4n) is 3.05. The second-order valence-corrected chi connectivity index (χ2v) is 6.10. The second kappa shape index (κ2) is 5.07. The molecule has 2 fully saturated rings. The van der Waals surface area contributed by atoms with Crippen LogP contribution in [0.1, 0.15) is 36.9 Å². The largest absolute Gasteiger partial charge is 0.367 e. The first-order valence-electron chi connectivity index (χ1n) is 7.82. The molecule has 0 bridgehead atoms. The van der Waals surface area contributed by atoms with Crippen LogP contribution in [-0.4, -0.2) is 34.5 Å². The summed E-state index contributed by atoms with van der Waals surface area (Å²) in [6.45, 7) is 3.32. The van der Waals surface area contributed by atoms with Crippen LogP contribution in [0.25, 0.3) is 5.65 Å². The Morgan fingerprint density at radius 3 is 2.95 bits per heavy atom. The average Bonchev–Trinajstić information content (AvgIpc) is 3.28. The molecule has 116 valence electrons. The molecule has 0 spiro atoms. The zero-order chi connectivity index (χ0) is 15.3.